The predicted octanol–water partition coefficient (Wildman–Crippen LogP) is 3.65. The molecule has 170 valence electrons. The maximum Gasteiger partial charge on any atom is 0.339 e. The van der Waals surface area contributed by atoms with Gasteiger partial charge in [-0.05, 0) is 42.3 Å². The van der Waals surface area contributed by atoms with Gasteiger partial charge in [0.1, 0.15) is 30.3 Å². The van der Waals surface area contributed by atoms with E-state index in [0.29, 0.717) is 36.1 Å². The summed E-state index contributed by atoms with van der Waals surface area (Å²) in [5.41, 5.74) is 2.21. The zero-order valence-electron chi connectivity index (χ0n) is 18.0. The molecule has 0 amide bonds. The molecule has 0 saturated carbocycles. The fourth-order valence-corrected chi connectivity index (χ4v) is 3.00. The van der Waals surface area contributed by atoms with Gasteiger partial charge in [-0.15, -0.1) is 0 Å². The lowest BCUT2D eigenvalue weighted by Gasteiger charge is -2.15. The Hall–Kier alpha value is -4.34. The molecule has 0 radical (unpaired) electrons. The van der Waals surface area contributed by atoms with E-state index in [0.717, 1.165) is 5.56 Å². The highest BCUT2D eigenvalue weighted by molar-refractivity contribution is 5.91. The number of aromatic carboxylic acids is 1. The Kier molecular flexibility index (Phi) is 6.53. The number of carboxylic acid groups (broad SMARTS) is 1. The molecule has 0 spiro atoms. The van der Waals surface area contributed by atoms with Gasteiger partial charge in [-0.2, -0.15) is 15.0 Å². The summed E-state index contributed by atoms with van der Waals surface area (Å²) < 4.78 is 17.0. The molecule has 10 heteroatoms. The van der Waals surface area contributed by atoms with Crippen molar-refractivity contribution in [3.8, 4) is 17.5 Å². The van der Waals surface area contributed by atoms with Gasteiger partial charge in [0.15, 0.2) is 0 Å². The van der Waals surface area contributed by atoms with Crippen LogP contribution in [-0.2, 0) is 6.54 Å². The van der Waals surface area contributed by atoms with E-state index < -0.39 is 5.97 Å². The van der Waals surface area contributed by atoms with Crippen molar-refractivity contribution in [2.24, 2.45) is 0 Å². The molecule has 5 rings (SSSR count). The van der Waals surface area contributed by atoms with Crippen LogP contribution in [0.1, 0.15) is 22.8 Å². The van der Waals surface area contributed by atoms with Gasteiger partial charge in [-0.1, -0.05) is 18.7 Å². The average molecular weight is 449 g/mol. The van der Waals surface area contributed by atoms with Gasteiger partial charge in [0.05, 0.1) is 6.61 Å². The van der Waals surface area contributed by atoms with E-state index in [4.69, 9.17) is 14.2 Å². The highest BCUT2D eigenvalue weighted by Gasteiger charge is 2.15. The van der Waals surface area contributed by atoms with Crippen molar-refractivity contribution in [2.75, 3.05) is 30.5 Å². The fourth-order valence-electron chi connectivity index (χ4n) is 3.00. The lowest BCUT2D eigenvalue weighted by molar-refractivity contribution is 0.0692. The number of aromatic nitrogens is 3. The van der Waals surface area contributed by atoms with Crippen LogP contribution in [-0.4, -0.2) is 45.8 Å². The van der Waals surface area contributed by atoms with Crippen molar-refractivity contribution in [1.29, 1.82) is 0 Å². The zero-order chi connectivity index (χ0) is 23.2. The van der Waals surface area contributed by atoms with Crippen molar-refractivity contribution >= 4 is 23.6 Å². The number of benzene rings is 2. The third-order valence-electron chi connectivity index (χ3n) is 4.61. The predicted molar refractivity (Wildman–Crippen MR) is 122 cm³/mol. The highest BCUT2D eigenvalue weighted by Crippen LogP contribution is 2.26. The summed E-state index contributed by atoms with van der Waals surface area (Å²) in [4.78, 5) is 24.6. The lowest BCUT2D eigenvalue weighted by atomic mass is 10.2. The van der Waals surface area contributed by atoms with E-state index in [1.165, 1.54) is 6.07 Å². The molecule has 3 aromatic rings. The Morgan fingerprint density at radius 2 is 1.85 bits per heavy atom. The number of carboxylic acids is 1. The Morgan fingerprint density at radius 1 is 1.09 bits per heavy atom. The number of carbonyl (C=O) groups is 1. The molecule has 2 aliphatic rings. The van der Waals surface area contributed by atoms with Gasteiger partial charge in [0, 0.05) is 18.3 Å². The molecule has 3 heterocycles. The molecule has 10 nitrogen and oxygen atoms in total. The second-order valence-electron chi connectivity index (χ2n) is 7.16. The zero-order valence-corrected chi connectivity index (χ0v) is 18.0. The van der Waals surface area contributed by atoms with Crippen molar-refractivity contribution in [3.63, 3.8) is 0 Å². The summed E-state index contributed by atoms with van der Waals surface area (Å²) in [6.07, 6.45) is 0. The second kappa shape index (κ2) is 9.86. The molecule has 0 atom stereocenters. The van der Waals surface area contributed by atoms with Crippen molar-refractivity contribution in [1.82, 2.24) is 15.0 Å². The largest absolute Gasteiger partial charge is 0.489 e. The van der Waals surface area contributed by atoms with Gasteiger partial charge < -0.3 is 30.0 Å². The number of ether oxygens (including phenoxy) is 3. The average Bonchev–Trinajstić information content (AvgIpc) is 2.80. The first-order valence-corrected chi connectivity index (χ1v) is 10.3. The number of rotatable bonds is 3. The summed E-state index contributed by atoms with van der Waals surface area (Å²) in [7, 11) is 0. The summed E-state index contributed by atoms with van der Waals surface area (Å²) in [6.45, 7) is 6.99. The van der Waals surface area contributed by atoms with Gasteiger partial charge in [-0.25, -0.2) is 4.79 Å². The number of nitrogens with one attached hydrogen (secondary N) is 2. The Labute approximate surface area is 190 Å². The maximum absolute atomic E-state index is 11.6. The van der Waals surface area contributed by atoms with E-state index in [2.05, 4.69) is 32.2 Å². The summed E-state index contributed by atoms with van der Waals surface area (Å²) in [5.74, 6) is 0.313. The summed E-state index contributed by atoms with van der Waals surface area (Å²) in [6, 6.07) is 12.3. The van der Waals surface area contributed by atoms with E-state index in [1.54, 1.807) is 12.1 Å². The summed E-state index contributed by atoms with van der Waals surface area (Å²) in [5, 5.41) is 15.7. The standard InChI is InChI=1S/C23H23N5O5/c1-3-31-23-27-21-24-11-15-4-7-17(8-5-15)32-12-14(2)13-33-19-10-16(25-22(26-21)28-23)6-9-18(19)20(29)30/h4-10H,2-3,11-13H2,1H3,(H,29,30)(H2,24,25,26,27,28). The minimum Gasteiger partial charge on any atom is -0.489 e. The van der Waals surface area contributed by atoms with Crippen LogP contribution >= 0.6 is 0 Å². The monoisotopic (exact) mass is 449 g/mol. The fraction of sp³-hybridized carbons (Fsp3) is 0.217. The summed E-state index contributed by atoms with van der Waals surface area (Å²) >= 11 is 0. The van der Waals surface area contributed by atoms with Crippen LogP contribution in [0, 0.1) is 0 Å². The maximum atomic E-state index is 11.6. The molecule has 2 aliphatic heterocycles. The molecule has 6 bridgehead atoms. The minimum absolute atomic E-state index is 0.0206. The topological polar surface area (TPSA) is 128 Å². The highest BCUT2D eigenvalue weighted by atomic mass is 16.5. The smallest absolute Gasteiger partial charge is 0.339 e. The van der Waals surface area contributed by atoms with Crippen LogP contribution in [0.15, 0.2) is 54.6 Å². The van der Waals surface area contributed by atoms with Crippen molar-refractivity contribution in [3.05, 3.63) is 65.7 Å². The Morgan fingerprint density at radius 3 is 2.61 bits per heavy atom. The lowest BCUT2D eigenvalue weighted by Crippen LogP contribution is -2.12. The van der Waals surface area contributed by atoms with Crippen LogP contribution in [0.3, 0.4) is 0 Å². The van der Waals surface area contributed by atoms with E-state index in [1.807, 2.05) is 31.2 Å². The number of hydrogen-bond acceptors (Lipinski definition) is 9. The van der Waals surface area contributed by atoms with E-state index in [-0.39, 0.29) is 36.5 Å². The molecule has 0 fully saturated rings. The van der Waals surface area contributed by atoms with Gasteiger partial charge in [0.2, 0.25) is 11.9 Å². The van der Waals surface area contributed by atoms with Crippen LogP contribution in [0.5, 0.6) is 17.5 Å². The first-order valence-electron chi connectivity index (χ1n) is 10.3. The minimum atomic E-state index is -1.11. The van der Waals surface area contributed by atoms with Crippen molar-refractivity contribution < 1.29 is 24.1 Å². The molecule has 3 N–H and O–H groups in total. The Bertz CT molecular complexity index is 1170. The molecular weight excluding hydrogens is 426 g/mol. The second-order valence-corrected chi connectivity index (χ2v) is 7.16. The van der Waals surface area contributed by atoms with Gasteiger partial charge in [0.25, 0.3) is 0 Å². The molecule has 33 heavy (non-hydrogen) atoms. The molecule has 0 unspecified atom stereocenters. The van der Waals surface area contributed by atoms with E-state index in [9.17, 15) is 9.90 Å². The number of anilines is 3. The van der Waals surface area contributed by atoms with E-state index >= 15 is 0 Å². The number of nitrogens with zero attached hydrogens (tertiary/aromatic N) is 3. The van der Waals surface area contributed by atoms with Gasteiger partial charge in [-0.3, -0.25) is 0 Å². The molecular formula is C23H23N5O5. The molecule has 0 saturated heterocycles. The SMILES string of the molecule is C=C1COc2ccc(cc2)CNc2nc(nc(OCC)n2)Nc2ccc(C(=O)O)c(c2)OC1. The first-order chi connectivity index (χ1) is 16.0. The third-order valence-corrected chi connectivity index (χ3v) is 4.61. The van der Waals surface area contributed by atoms with Crippen LogP contribution in [0.2, 0.25) is 0 Å². The first kappa shape index (κ1) is 21.9. The van der Waals surface area contributed by atoms with Gasteiger partial charge >= 0.3 is 12.0 Å². The van der Waals surface area contributed by atoms with Crippen LogP contribution in [0.25, 0.3) is 0 Å². The van der Waals surface area contributed by atoms with Crippen LogP contribution < -0.4 is 24.8 Å². The molecule has 0 aliphatic carbocycles. The normalized spacial score (nSPS) is 13.4. The Balaban J connectivity index is 1.71. The number of fused-ring (bicyclic) bond motifs is 7. The van der Waals surface area contributed by atoms with Crippen LogP contribution in [0.4, 0.5) is 17.6 Å². The molecule has 1 aromatic heterocycles. The quantitative estimate of drug-likeness (QED) is 0.510. The molecule has 2 aromatic carbocycles. The third kappa shape index (κ3) is 5.67. The van der Waals surface area contributed by atoms with Crippen molar-refractivity contribution in [2.45, 2.75) is 13.5 Å². The number of hydrogen-bond donors (Lipinski definition) is 3.